The van der Waals surface area contributed by atoms with E-state index in [0.29, 0.717) is 19.1 Å². The van der Waals surface area contributed by atoms with Crippen molar-refractivity contribution in [1.82, 2.24) is 9.88 Å². The van der Waals surface area contributed by atoms with Crippen LogP contribution in [0.1, 0.15) is 12.8 Å². The Hall–Kier alpha value is -2.18. The van der Waals surface area contributed by atoms with Gasteiger partial charge in [0.2, 0.25) is 0 Å². The summed E-state index contributed by atoms with van der Waals surface area (Å²) < 4.78 is 5.06. The van der Waals surface area contributed by atoms with Crippen LogP contribution >= 0.6 is 0 Å². The van der Waals surface area contributed by atoms with Gasteiger partial charge in [-0.05, 0) is 12.8 Å². The molecule has 0 saturated carbocycles. The fourth-order valence-corrected chi connectivity index (χ4v) is 1.76. The van der Waals surface area contributed by atoms with Gasteiger partial charge in [0.15, 0.2) is 12.5 Å². The molecule has 0 aliphatic carbocycles. The summed E-state index contributed by atoms with van der Waals surface area (Å²) in [6.45, 7) is 2.26. The molecule has 1 aromatic heterocycles. The van der Waals surface area contributed by atoms with Crippen molar-refractivity contribution in [1.29, 1.82) is 0 Å². The molecule has 0 unspecified atom stereocenters. The third-order valence-corrected chi connectivity index (χ3v) is 2.70. The number of aromatic nitrogens is 1. The predicted molar refractivity (Wildman–Crippen MR) is 67.0 cm³/mol. The van der Waals surface area contributed by atoms with Crippen LogP contribution in [-0.2, 0) is 4.74 Å². The first-order chi connectivity index (χ1) is 8.77. The van der Waals surface area contributed by atoms with Gasteiger partial charge < -0.3 is 19.9 Å². The maximum Gasteiger partial charge on any atom is 0.310 e. The molecule has 1 aliphatic heterocycles. The van der Waals surface area contributed by atoms with Crippen LogP contribution in [0, 0.1) is 10.1 Å². The van der Waals surface area contributed by atoms with E-state index in [2.05, 4.69) is 15.2 Å². The molecule has 0 atom stereocenters. The topological polar surface area (TPSA) is 83.4 Å². The Labute approximate surface area is 105 Å². The smallest absolute Gasteiger partial charge is 0.310 e. The minimum Gasteiger partial charge on any atom is -0.479 e. The molecule has 2 N–H and O–H groups in total. The van der Waals surface area contributed by atoms with Gasteiger partial charge in [-0.25, -0.2) is 0 Å². The minimum atomic E-state index is -0.398. The summed E-state index contributed by atoms with van der Waals surface area (Å²) in [5.41, 5.74) is 0.0888. The largest absolute Gasteiger partial charge is 0.479 e. The van der Waals surface area contributed by atoms with Crippen molar-refractivity contribution < 1.29 is 9.66 Å². The second kappa shape index (κ2) is 5.95. The van der Waals surface area contributed by atoms with Crippen LogP contribution in [0.2, 0.25) is 0 Å². The molecule has 1 aliphatic rings. The number of aromatic amines is 1. The molecule has 0 spiro atoms. The maximum atomic E-state index is 10.7. The van der Waals surface area contributed by atoms with E-state index in [1.165, 1.54) is 6.07 Å². The summed E-state index contributed by atoms with van der Waals surface area (Å²) >= 11 is 0. The lowest BCUT2D eigenvalue weighted by Crippen LogP contribution is -2.17. The van der Waals surface area contributed by atoms with Crippen LogP contribution in [0.3, 0.4) is 0 Å². The van der Waals surface area contributed by atoms with Gasteiger partial charge in [0.1, 0.15) is 6.26 Å². The van der Waals surface area contributed by atoms with E-state index in [9.17, 15) is 10.1 Å². The fraction of sp³-hybridized carbons (Fsp3) is 0.455. The number of hydrogen-bond acceptors (Lipinski definition) is 5. The summed E-state index contributed by atoms with van der Waals surface area (Å²) in [5.74, 6) is 0.476. The average Bonchev–Trinajstić information content (AvgIpc) is 2.98. The summed E-state index contributed by atoms with van der Waals surface area (Å²) in [7, 11) is 0. The average molecular weight is 252 g/mol. The molecular formula is C11H16N4O3. The highest BCUT2D eigenvalue weighted by molar-refractivity contribution is 5.56. The number of nitrogens with zero attached hydrogens (tertiary/aromatic N) is 2. The molecule has 0 amide bonds. The van der Waals surface area contributed by atoms with Crippen LogP contribution in [0.4, 0.5) is 11.5 Å². The molecule has 2 rings (SSSR count). The molecule has 0 fully saturated rings. The Morgan fingerprint density at radius 3 is 3.17 bits per heavy atom. The summed E-state index contributed by atoms with van der Waals surface area (Å²) in [6.07, 6.45) is 7.12. The van der Waals surface area contributed by atoms with Crippen molar-refractivity contribution in [2.75, 3.05) is 25.1 Å². The van der Waals surface area contributed by atoms with Crippen molar-refractivity contribution in [3.63, 3.8) is 0 Å². The van der Waals surface area contributed by atoms with E-state index >= 15 is 0 Å². The number of rotatable bonds is 7. The van der Waals surface area contributed by atoms with Gasteiger partial charge in [-0.3, -0.25) is 10.1 Å². The summed E-state index contributed by atoms with van der Waals surface area (Å²) in [4.78, 5) is 15.2. The molecule has 0 radical (unpaired) electrons. The monoisotopic (exact) mass is 252 g/mol. The molecule has 18 heavy (non-hydrogen) atoms. The molecule has 98 valence electrons. The van der Waals surface area contributed by atoms with Gasteiger partial charge in [-0.2, -0.15) is 0 Å². The van der Waals surface area contributed by atoms with E-state index in [-0.39, 0.29) is 5.69 Å². The van der Waals surface area contributed by atoms with Crippen molar-refractivity contribution >= 4 is 11.5 Å². The number of hydrogen-bond donors (Lipinski definition) is 2. The molecule has 2 heterocycles. The lowest BCUT2D eigenvalue weighted by atomic mass is 10.3. The third-order valence-electron chi connectivity index (χ3n) is 2.70. The van der Waals surface area contributed by atoms with Crippen LogP contribution in [-0.4, -0.2) is 34.6 Å². The van der Waals surface area contributed by atoms with E-state index in [0.717, 1.165) is 19.4 Å². The second-order valence-corrected chi connectivity index (χ2v) is 4.02. The summed E-state index contributed by atoms with van der Waals surface area (Å²) in [5, 5.41) is 13.7. The van der Waals surface area contributed by atoms with Crippen molar-refractivity contribution in [2.24, 2.45) is 0 Å². The van der Waals surface area contributed by atoms with E-state index in [4.69, 9.17) is 4.74 Å². The van der Waals surface area contributed by atoms with Crippen LogP contribution in [0.5, 0.6) is 0 Å². The highest BCUT2D eigenvalue weighted by Gasteiger charge is 2.13. The fourth-order valence-electron chi connectivity index (χ4n) is 1.76. The van der Waals surface area contributed by atoms with E-state index in [1.807, 2.05) is 6.20 Å². The summed E-state index contributed by atoms with van der Waals surface area (Å²) in [6, 6.07) is 1.45. The van der Waals surface area contributed by atoms with Gasteiger partial charge in [-0.1, -0.05) is 0 Å². The molecule has 1 aromatic rings. The van der Waals surface area contributed by atoms with Crippen LogP contribution in [0.15, 0.2) is 24.7 Å². The highest BCUT2D eigenvalue weighted by Crippen LogP contribution is 2.21. The first-order valence-electron chi connectivity index (χ1n) is 5.85. The number of H-pyrrole nitrogens is 1. The third kappa shape index (κ3) is 3.16. The molecule has 7 heteroatoms. The Kier molecular flexibility index (Phi) is 4.06. The van der Waals surface area contributed by atoms with Crippen molar-refractivity contribution in [3.8, 4) is 0 Å². The zero-order valence-electron chi connectivity index (χ0n) is 9.96. The highest BCUT2D eigenvalue weighted by atomic mass is 16.6. The Morgan fingerprint density at radius 2 is 2.44 bits per heavy atom. The molecule has 0 aromatic carbocycles. The number of nitro groups is 1. The quantitative estimate of drug-likeness (QED) is 0.439. The second-order valence-electron chi connectivity index (χ2n) is 4.02. The van der Waals surface area contributed by atoms with Crippen molar-refractivity contribution in [2.45, 2.75) is 12.8 Å². The van der Waals surface area contributed by atoms with Gasteiger partial charge in [-0.15, -0.1) is 0 Å². The van der Waals surface area contributed by atoms with Crippen LogP contribution < -0.4 is 5.32 Å². The Morgan fingerprint density at radius 1 is 1.56 bits per heavy atom. The first-order valence-corrected chi connectivity index (χ1v) is 5.85. The molecule has 0 saturated heterocycles. The molecule has 0 bridgehead atoms. The lowest BCUT2D eigenvalue weighted by Gasteiger charge is -2.13. The SMILES string of the molecule is O=[N+]([O-])c1cc[nH]c1NCCCCN1C=COC1. The Balaban J connectivity index is 1.64. The molecular weight excluding hydrogens is 236 g/mol. The zero-order valence-corrected chi connectivity index (χ0v) is 9.96. The van der Waals surface area contributed by atoms with Gasteiger partial charge >= 0.3 is 5.69 Å². The van der Waals surface area contributed by atoms with Crippen LogP contribution in [0.25, 0.3) is 0 Å². The normalized spacial score (nSPS) is 13.7. The number of unbranched alkanes of at least 4 members (excludes halogenated alkanes) is 1. The van der Waals surface area contributed by atoms with Gasteiger partial charge in [0.25, 0.3) is 0 Å². The minimum absolute atomic E-state index is 0.0888. The standard InChI is InChI=1S/C11H16N4O3/c16-15(17)10-3-5-13-11(10)12-4-1-2-6-14-7-8-18-9-14/h3,5,7-8,12-13H,1-2,4,6,9H2. The van der Waals surface area contributed by atoms with Crippen molar-refractivity contribution in [3.05, 3.63) is 34.8 Å². The molecule has 7 nitrogen and oxygen atoms in total. The number of nitrogens with one attached hydrogen (secondary N) is 2. The van der Waals surface area contributed by atoms with E-state index < -0.39 is 4.92 Å². The zero-order chi connectivity index (χ0) is 12.8. The van der Waals surface area contributed by atoms with Gasteiger partial charge in [0, 0.05) is 31.6 Å². The maximum absolute atomic E-state index is 10.7. The number of anilines is 1. The predicted octanol–water partition coefficient (Wildman–Crippen LogP) is 1.88. The lowest BCUT2D eigenvalue weighted by molar-refractivity contribution is -0.383. The Bertz CT molecular complexity index is 430. The number of ether oxygens (including phenoxy) is 1. The first kappa shape index (κ1) is 12.3. The van der Waals surface area contributed by atoms with Gasteiger partial charge in [0.05, 0.1) is 4.92 Å². The van der Waals surface area contributed by atoms with E-state index in [1.54, 1.807) is 12.5 Å².